The van der Waals surface area contributed by atoms with Gasteiger partial charge in [0.05, 0.1) is 0 Å². The molecule has 0 aliphatic carbocycles. The Morgan fingerprint density at radius 1 is 1.26 bits per heavy atom. The van der Waals surface area contributed by atoms with Crippen molar-refractivity contribution in [1.29, 1.82) is 0 Å². The van der Waals surface area contributed by atoms with Gasteiger partial charge < -0.3 is 9.84 Å². The zero-order chi connectivity index (χ0) is 14.3. The number of ether oxygens (including phenoxy) is 1. The van der Waals surface area contributed by atoms with Crippen LogP contribution in [0.15, 0.2) is 24.3 Å². The highest BCUT2D eigenvalue weighted by Crippen LogP contribution is 2.16. The number of aliphatic carboxylic acids is 1. The Hall–Kier alpha value is -1.35. The number of hydrogen-bond acceptors (Lipinski definition) is 2. The van der Waals surface area contributed by atoms with E-state index in [1.165, 1.54) is 5.56 Å². The standard InChI is InChI=1S/C16H24O3/c1-4-5-10-19-15(16(17)18)11-13-6-8-14(9-7-13)12(2)3/h6-9,12,15H,4-5,10-11H2,1-3H3,(H,17,18)/t15-/m1/s1. The zero-order valence-electron chi connectivity index (χ0n) is 12.1. The molecule has 1 rings (SSSR count). The molecule has 0 bridgehead atoms. The molecule has 0 fully saturated rings. The fourth-order valence-corrected chi connectivity index (χ4v) is 1.84. The molecular formula is C16H24O3. The van der Waals surface area contributed by atoms with Crippen LogP contribution >= 0.6 is 0 Å². The number of benzene rings is 1. The highest BCUT2D eigenvalue weighted by atomic mass is 16.5. The van der Waals surface area contributed by atoms with Crippen molar-refractivity contribution in [1.82, 2.24) is 0 Å². The quantitative estimate of drug-likeness (QED) is 0.729. The first kappa shape index (κ1) is 15.7. The van der Waals surface area contributed by atoms with Crippen LogP contribution in [0.2, 0.25) is 0 Å². The third-order valence-corrected chi connectivity index (χ3v) is 3.16. The molecule has 3 nitrogen and oxygen atoms in total. The van der Waals surface area contributed by atoms with Gasteiger partial charge in [-0.25, -0.2) is 4.79 Å². The molecule has 0 unspecified atom stereocenters. The van der Waals surface area contributed by atoms with E-state index in [0.717, 1.165) is 18.4 Å². The van der Waals surface area contributed by atoms with Crippen molar-refractivity contribution < 1.29 is 14.6 Å². The van der Waals surface area contributed by atoms with Crippen LogP contribution in [0.3, 0.4) is 0 Å². The second kappa shape index (κ2) is 7.95. The topological polar surface area (TPSA) is 46.5 Å². The lowest BCUT2D eigenvalue weighted by molar-refractivity contribution is -0.150. The van der Waals surface area contributed by atoms with E-state index < -0.39 is 12.1 Å². The summed E-state index contributed by atoms with van der Waals surface area (Å²) in [6, 6.07) is 8.11. The molecule has 1 aromatic carbocycles. The van der Waals surface area contributed by atoms with Gasteiger partial charge in [-0.2, -0.15) is 0 Å². The van der Waals surface area contributed by atoms with Crippen LogP contribution in [-0.2, 0) is 16.0 Å². The van der Waals surface area contributed by atoms with Crippen LogP contribution in [0.5, 0.6) is 0 Å². The highest BCUT2D eigenvalue weighted by Gasteiger charge is 2.18. The van der Waals surface area contributed by atoms with Crippen molar-refractivity contribution in [3.05, 3.63) is 35.4 Å². The first-order valence-corrected chi connectivity index (χ1v) is 6.97. The van der Waals surface area contributed by atoms with Crippen LogP contribution in [0, 0.1) is 0 Å². The summed E-state index contributed by atoms with van der Waals surface area (Å²) in [5.41, 5.74) is 2.27. The summed E-state index contributed by atoms with van der Waals surface area (Å²) in [5.74, 6) is -0.394. The van der Waals surface area contributed by atoms with Gasteiger partial charge in [-0.3, -0.25) is 0 Å². The number of carbonyl (C=O) groups is 1. The maximum atomic E-state index is 11.1. The maximum Gasteiger partial charge on any atom is 0.333 e. The molecule has 0 radical (unpaired) electrons. The summed E-state index contributed by atoms with van der Waals surface area (Å²) < 4.78 is 5.43. The minimum Gasteiger partial charge on any atom is -0.479 e. The summed E-state index contributed by atoms with van der Waals surface area (Å²) in [6.45, 7) is 6.85. The molecule has 1 aromatic rings. The van der Waals surface area contributed by atoms with Gasteiger partial charge in [-0.1, -0.05) is 51.5 Å². The highest BCUT2D eigenvalue weighted by molar-refractivity contribution is 5.72. The van der Waals surface area contributed by atoms with Gasteiger partial charge in [0.15, 0.2) is 6.10 Å². The van der Waals surface area contributed by atoms with E-state index in [1.807, 2.05) is 12.1 Å². The second-order valence-corrected chi connectivity index (χ2v) is 5.15. The average molecular weight is 264 g/mol. The molecule has 0 saturated heterocycles. The molecule has 1 N–H and O–H groups in total. The van der Waals surface area contributed by atoms with Crippen molar-refractivity contribution in [3.63, 3.8) is 0 Å². The van der Waals surface area contributed by atoms with E-state index >= 15 is 0 Å². The van der Waals surface area contributed by atoms with E-state index in [-0.39, 0.29) is 0 Å². The Morgan fingerprint density at radius 2 is 1.89 bits per heavy atom. The Balaban J connectivity index is 2.60. The SMILES string of the molecule is CCCCO[C@H](Cc1ccc(C(C)C)cc1)C(=O)O. The van der Waals surface area contributed by atoms with Crippen LogP contribution < -0.4 is 0 Å². The first-order chi connectivity index (χ1) is 9.04. The lowest BCUT2D eigenvalue weighted by Gasteiger charge is -2.14. The summed E-state index contributed by atoms with van der Waals surface area (Å²) in [6.07, 6.45) is 1.60. The van der Waals surface area contributed by atoms with Crippen LogP contribution in [-0.4, -0.2) is 23.8 Å². The minimum absolute atomic E-state index is 0.428. The molecule has 0 aliphatic heterocycles. The van der Waals surface area contributed by atoms with E-state index in [9.17, 15) is 4.79 Å². The summed E-state index contributed by atoms with van der Waals surface area (Å²) >= 11 is 0. The van der Waals surface area contributed by atoms with Crippen LogP contribution in [0.1, 0.15) is 50.7 Å². The lowest BCUT2D eigenvalue weighted by Crippen LogP contribution is -2.26. The fourth-order valence-electron chi connectivity index (χ4n) is 1.84. The molecule has 0 amide bonds. The van der Waals surface area contributed by atoms with Crippen molar-refractivity contribution in [2.45, 2.75) is 52.1 Å². The summed E-state index contributed by atoms with van der Waals surface area (Å²) in [5, 5.41) is 9.15. The number of unbranched alkanes of at least 4 members (excludes halogenated alkanes) is 1. The van der Waals surface area contributed by atoms with Gasteiger partial charge in [-0.15, -0.1) is 0 Å². The number of rotatable bonds is 8. The molecule has 0 saturated carbocycles. The zero-order valence-corrected chi connectivity index (χ0v) is 12.1. The molecule has 0 aliphatic rings. The molecule has 1 atom stereocenters. The predicted octanol–water partition coefficient (Wildman–Crippen LogP) is 3.62. The van der Waals surface area contributed by atoms with Gasteiger partial charge in [-0.05, 0) is 23.5 Å². The van der Waals surface area contributed by atoms with Crippen molar-refractivity contribution in [2.75, 3.05) is 6.61 Å². The Kier molecular flexibility index (Phi) is 6.57. The first-order valence-electron chi connectivity index (χ1n) is 6.97. The Morgan fingerprint density at radius 3 is 2.37 bits per heavy atom. The molecule has 106 valence electrons. The number of hydrogen-bond donors (Lipinski definition) is 1. The third-order valence-electron chi connectivity index (χ3n) is 3.16. The van der Waals surface area contributed by atoms with Gasteiger partial charge in [0.1, 0.15) is 0 Å². The van der Waals surface area contributed by atoms with Crippen molar-refractivity contribution >= 4 is 5.97 Å². The number of carboxylic acids is 1. The molecule has 19 heavy (non-hydrogen) atoms. The van der Waals surface area contributed by atoms with E-state index in [1.54, 1.807) is 0 Å². The number of carboxylic acid groups (broad SMARTS) is 1. The minimum atomic E-state index is -0.885. The average Bonchev–Trinajstić information content (AvgIpc) is 2.38. The molecule has 0 spiro atoms. The summed E-state index contributed by atoms with van der Waals surface area (Å²) in [4.78, 5) is 11.1. The van der Waals surface area contributed by atoms with Gasteiger partial charge in [0, 0.05) is 13.0 Å². The van der Waals surface area contributed by atoms with Crippen LogP contribution in [0.4, 0.5) is 0 Å². The second-order valence-electron chi connectivity index (χ2n) is 5.15. The molecule has 3 heteroatoms. The lowest BCUT2D eigenvalue weighted by atomic mass is 10.00. The van der Waals surface area contributed by atoms with E-state index in [2.05, 4.69) is 32.9 Å². The monoisotopic (exact) mass is 264 g/mol. The smallest absolute Gasteiger partial charge is 0.333 e. The Bertz CT molecular complexity index is 381. The normalized spacial score (nSPS) is 12.6. The van der Waals surface area contributed by atoms with Crippen molar-refractivity contribution in [3.8, 4) is 0 Å². The van der Waals surface area contributed by atoms with Gasteiger partial charge >= 0.3 is 5.97 Å². The third kappa shape index (κ3) is 5.43. The van der Waals surface area contributed by atoms with Gasteiger partial charge in [0.25, 0.3) is 0 Å². The van der Waals surface area contributed by atoms with Crippen molar-refractivity contribution in [2.24, 2.45) is 0 Å². The maximum absolute atomic E-state index is 11.1. The largest absolute Gasteiger partial charge is 0.479 e. The molecule has 0 heterocycles. The fraction of sp³-hybridized carbons (Fsp3) is 0.562. The predicted molar refractivity (Wildman–Crippen MR) is 76.5 cm³/mol. The molecular weight excluding hydrogens is 240 g/mol. The summed E-state index contributed by atoms with van der Waals surface area (Å²) in [7, 11) is 0. The Labute approximate surface area is 115 Å². The van der Waals surface area contributed by atoms with Gasteiger partial charge in [0.2, 0.25) is 0 Å². The van der Waals surface area contributed by atoms with Crippen LogP contribution in [0.25, 0.3) is 0 Å². The van der Waals surface area contributed by atoms with E-state index in [4.69, 9.17) is 9.84 Å². The molecule has 0 aromatic heterocycles. The van der Waals surface area contributed by atoms with E-state index in [0.29, 0.717) is 18.9 Å².